The van der Waals surface area contributed by atoms with Gasteiger partial charge in [0.25, 0.3) is 0 Å². The zero-order valence-corrected chi connectivity index (χ0v) is 63.4. The summed E-state index contributed by atoms with van der Waals surface area (Å²) in [6, 6.07) is 0. The Kier molecular flexibility index (Phi) is 74.2. The van der Waals surface area contributed by atoms with E-state index in [1.54, 1.807) is 0 Å². The summed E-state index contributed by atoms with van der Waals surface area (Å²) >= 11 is 0. The van der Waals surface area contributed by atoms with E-state index < -0.39 is 24.3 Å². The monoisotopic (exact) mass is 1310 g/mol. The van der Waals surface area contributed by atoms with E-state index in [1.807, 2.05) is 21.1 Å². The topological polar surface area (TPSA) is 111 Å². The lowest BCUT2D eigenvalue weighted by molar-refractivity contribution is -0.870. The lowest BCUT2D eigenvalue weighted by Crippen LogP contribution is -2.44. The predicted octanol–water partition coefficient (Wildman–Crippen LogP) is 25.4. The Hall–Kier alpha value is -1.97. The minimum Gasteiger partial charge on any atom is -0.545 e. The normalized spacial score (nSPS) is 12.6. The number of esters is 2. The highest BCUT2D eigenvalue weighted by Gasteiger charge is 2.22. The fraction of sp³-hybridized carbons (Fsp3) is 0.940. The van der Waals surface area contributed by atoms with Crippen molar-refractivity contribution in [2.45, 2.75) is 463 Å². The molecule has 2 unspecified atom stereocenters. The summed E-state index contributed by atoms with van der Waals surface area (Å²) in [6.07, 6.45) is 92.2. The molecule has 0 aliphatic heterocycles. The Balaban J connectivity index is 3.90. The number of likely N-dealkylation sites (N-methyl/N-ethyl adjacent to an activating group) is 1. The minimum absolute atomic E-state index is 0.153. The standard InChI is InChI=1S/C84H163NO8/c1-6-8-10-12-14-16-18-20-22-24-26-28-30-32-34-35-36-37-38-39-40-41-42-43-44-45-46-47-49-51-53-55-57-59-61-63-65-67-69-71-73-75-82(87)93-80(79-92-84(83(88)89)90-77-76-85(3,4)5)78-91-81(86)74-72-70-68-66-64-62-60-58-56-54-52-50-48-33-31-29-27-25-23-21-19-17-15-13-11-9-7-2/h24,26,80,84H,6-23,25,27-79H2,1-5H3/b26-24-. The molecule has 0 aromatic heterocycles. The highest BCUT2D eigenvalue weighted by atomic mass is 16.7. The van der Waals surface area contributed by atoms with Crippen molar-refractivity contribution in [3.63, 3.8) is 0 Å². The van der Waals surface area contributed by atoms with E-state index in [0.717, 1.165) is 38.5 Å². The van der Waals surface area contributed by atoms with Crippen LogP contribution in [-0.4, -0.2) is 82.3 Å². The number of carbonyl (C=O) groups is 3. The van der Waals surface area contributed by atoms with Gasteiger partial charge < -0.3 is 33.3 Å². The van der Waals surface area contributed by atoms with Gasteiger partial charge >= 0.3 is 11.9 Å². The quantitative estimate of drug-likeness (QED) is 0.0195. The number of hydrogen-bond donors (Lipinski definition) is 0. The van der Waals surface area contributed by atoms with Crippen molar-refractivity contribution in [3.8, 4) is 0 Å². The molecule has 552 valence electrons. The Morgan fingerprint density at radius 2 is 0.548 bits per heavy atom. The van der Waals surface area contributed by atoms with Crippen molar-refractivity contribution >= 4 is 17.9 Å². The molecule has 0 aliphatic carbocycles. The van der Waals surface area contributed by atoms with Gasteiger partial charge in [0.1, 0.15) is 13.2 Å². The van der Waals surface area contributed by atoms with Crippen LogP contribution in [0.15, 0.2) is 12.2 Å². The fourth-order valence-corrected chi connectivity index (χ4v) is 13.1. The van der Waals surface area contributed by atoms with Crippen LogP contribution in [0.3, 0.4) is 0 Å². The van der Waals surface area contributed by atoms with Crippen molar-refractivity contribution in [1.29, 1.82) is 0 Å². The molecule has 93 heavy (non-hydrogen) atoms. The maximum atomic E-state index is 13.0. The summed E-state index contributed by atoms with van der Waals surface area (Å²) in [7, 11) is 5.96. The second-order valence-electron chi connectivity index (χ2n) is 30.1. The first kappa shape index (κ1) is 91.0. The van der Waals surface area contributed by atoms with E-state index >= 15 is 0 Å². The molecule has 0 rings (SSSR count). The zero-order valence-electron chi connectivity index (χ0n) is 63.4. The molecule has 2 atom stereocenters. The molecule has 0 aliphatic rings. The molecule has 0 aromatic rings. The number of carboxylic acids is 1. The molecule has 9 heteroatoms. The summed E-state index contributed by atoms with van der Waals surface area (Å²) < 4.78 is 22.9. The Morgan fingerprint density at radius 3 is 0.796 bits per heavy atom. The number of ether oxygens (including phenoxy) is 4. The number of allylic oxidation sites excluding steroid dienone is 2. The van der Waals surface area contributed by atoms with E-state index in [0.29, 0.717) is 17.4 Å². The van der Waals surface area contributed by atoms with E-state index in [2.05, 4.69) is 26.0 Å². The van der Waals surface area contributed by atoms with Crippen LogP contribution in [0.4, 0.5) is 0 Å². The van der Waals surface area contributed by atoms with Gasteiger partial charge in [-0.2, -0.15) is 0 Å². The van der Waals surface area contributed by atoms with Crippen LogP contribution in [-0.2, 0) is 33.3 Å². The molecule has 0 N–H and O–H groups in total. The third-order valence-corrected chi connectivity index (χ3v) is 19.5. The van der Waals surface area contributed by atoms with Gasteiger partial charge in [-0.25, -0.2) is 0 Å². The molecule has 0 aromatic carbocycles. The second kappa shape index (κ2) is 75.8. The Bertz CT molecular complexity index is 1530. The van der Waals surface area contributed by atoms with Crippen LogP contribution in [0.1, 0.15) is 450 Å². The van der Waals surface area contributed by atoms with Gasteiger partial charge in [-0.3, -0.25) is 9.59 Å². The van der Waals surface area contributed by atoms with Gasteiger partial charge in [-0.15, -0.1) is 0 Å². The molecule has 0 fully saturated rings. The van der Waals surface area contributed by atoms with Crippen molar-refractivity contribution in [2.75, 3.05) is 47.5 Å². The molecule has 9 nitrogen and oxygen atoms in total. The number of carboxylic acid groups (broad SMARTS) is 1. The van der Waals surface area contributed by atoms with Gasteiger partial charge in [-0.1, -0.05) is 411 Å². The summed E-state index contributed by atoms with van der Waals surface area (Å²) in [6.45, 7) is 4.85. The van der Waals surface area contributed by atoms with Crippen LogP contribution in [0.25, 0.3) is 0 Å². The largest absolute Gasteiger partial charge is 0.545 e. The number of nitrogens with zero attached hydrogens (tertiary/aromatic N) is 1. The van der Waals surface area contributed by atoms with Crippen molar-refractivity contribution in [2.24, 2.45) is 0 Å². The Labute approximate surface area is 580 Å². The van der Waals surface area contributed by atoms with Crippen LogP contribution >= 0.6 is 0 Å². The van der Waals surface area contributed by atoms with Gasteiger partial charge in [0.15, 0.2) is 12.4 Å². The predicted molar refractivity (Wildman–Crippen MR) is 399 cm³/mol. The third-order valence-electron chi connectivity index (χ3n) is 19.5. The summed E-state index contributed by atoms with van der Waals surface area (Å²) in [4.78, 5) is 37.6. The molecule has 0 amide bonds. The number of unbranched alkanes of at least 4 members (excludes halogenated alkanes) is 63. The van der Waals surface area contributed by atoms with Gasteiger partial charge in [-0.05, 0) is 38.5 Å². The van der Waals surface area contributed by atoms with Crippen LogP contribution in [0.2, 0.25) is 0 Å². The Morgan fingerprint density at radius 1 is 0.312 bits per heavy atom. The van der Waals surface area contributed by atoms with Crippen molar-refractivity contribution in [3.05, 3.63) is 12.2 Å². The number of quaternary nitrogens is 1. The summed E-state index contributed by atoms with van der Waals surface area (Å²) in [5, 5.41) is 11.9. The smallest absolute Gasteiger partial charge is 0.306 e. The first-order valence-electron chi connectivity index (χ1n) is 41.8. The molecule has 0 saturated carbocycles. The second-order valence-corrected chi connectivity index (χ2v) is 30.1. The first-order chi connectivity index (χ1) is 45.6. The highest BCUT2D eigenvalue weighted by Crippen LogP contribution is 2.21. The summed E-state index contributed by atoms with van der Waals surface area (Å²) in [5.41, 5.74) is 0. The fourth-order valence-electron chi connectivity index (χ4n) is 13.1. The van der Waals surface area contributed by atoms with Gasteiger partial charge in [0, 0.05) is 12.8 Å². The van der Waals surface area contributed by atoms with E-state index in [-0.39, 0.29) is 32.2 Å². The number of carbonyl (C=O) groups excluding carboxylic acids is 3. The maximum absolute atomic E-state index is 13.0. The molecular weight excluding hydrogens is 1150 g/mol. The van der Waals surface area contributed by atoms with Crippen LogP contribution in [0.5, 0.6) is 0 Å². The average molecular weight is 1320 g/mol. The number of aliphatic carboxylic acids is 1. The van der Waals surface area contributed by atoms with Crippen LogP contribution in [0, 0.1) is 0 Å². The lowest BCUT2D eigenvalue weighted by Gasteiger charge is -2.26. The van der Waals surface area contributed by atoms with E-state index in [1.165, 1.54) is 385 Å². The number of hydrogen-bond acceptors (Lipinski definition) is 8. The van der Waals surface area contributed by atoms with Gasteiger partial charge in [0.2, 0.25) is 0 Å². The molecular formula is C84H163NO8. The summed E-state index contributed by atoms with van der Waals surface area (Å²) in [5.74, 6) is -2.24. The molecule has 0 heterocycles. The third kappa shape index (κ3) is 77.3. The van der Waals surface area contributed by atoms with Crippen LogP contribution < -0.4 is 5.11 Å². The van der Waals surface area contributed by atoms with Crippen molar-refractivity contribution in [1.82, 2.24) is 0 Å². The zero-order chi connectivity index (χ0) is 67.5. The highest BCUT2D eigenvalue weighted by molar-refractivity contribution is 5.70. The van der Waals surface area contributed by atoms with Gasteiger partial charge in [0.05, 0.1) is 40.3 Å². The molecule has 0 spiro atoms. The molecule has 0 radical (unpaired) electrons. The first-order valence-corrected chi connectivity index (χ1v) is 41.8. The van der Waals surface area contributed by atoms with E-state index in [9.17, 15) is 19.5 Å². The molecule has 0 bridgehead atoms. The maximum Gasteiger partial charge on any atom is 0.306 e. The lowest BCUT2D eigenvalue weighted by atomic mass is 10.0. The SMILES string of the molecule is CCCCCCCCCC/C=C\CCCCCCCCCCCCCCCCCCCCCCCCCCCCCCCC(=O)OC(COC(=O)CCCCCCCCCCCCCCCCCCCCCCCCCCCCC)COC(OCC[N+](C)(C)C)C(=O)[O-]. The minimum atomic E-state index is -1.62. The number of rotatable bonds is 80. The average Bonchev–Trinajstić information content (AvgIpc) is 3.38. The molecule has 0 saturated heterocycles. The van der Waals surface area contributed by atoms with Crippen molar-refractivity contribution < 1.29 is 42.9 Å². The van der Waals surface area contributed by atoms with E-state index in [4.69, 9.17) is 18.9 Å².